The zero-order valence-corrected chi connectivity index (χ0v) is 13.6. The van der Waals surface area contributed by atoms with Crippen LogP contribution < -0.4 is 5.73 Å². The summed E-state index contributed by atoms with van der Waals surface area (Å²) in [4.78, 5) is 13.2. The number of carbonyl (C=O) groups is 1. The summed E-state index contributed by atoms with van der Waals surface area (Å²) in [5.41, 5.74) is 7.86. The second-order valence-electron chi connectivity index (χ2n) is 7.27. The van der Waals surface area contributed by atoms with Gasteiger partial charge in [0, 0.05) is 24.5 Å². The van der Waals surface area contributed by atoms with Crippen LogP contribution in [0.3, 0.4) is 0 Å². The van der Waals surface area contributed by atoms with Crippen LogP contribution in [0.15, 0.2) is 18.2 Å². The number of halogens is 1. The lowest BCUT2D eigenvalue weighted by Crippen LogP contribution is -2.59. The molecule has 4 nitrogen and oxygen atoms in total. The summed E-state index contributed by atoms with van der Waals surface area (Å²) in [6.45, 7) is 8.37. The van der Waals surface area contributed by atoms with Crippen molar-refractivity contribution in [2.45, 2.75) is 52.1 Å². The number of nitrogens with zero attached hydrogens (tertiary/aromatic N) is 1. The zero-order valence-electron chi connectivity index (χ0n) is 13.6. The topological polar surface area (TPSA) is 66.6 Å². The van der Waals surface area contributed by atoms with E-state index in [1.165, 1.54) is 17.0 Å². The molecule has 1 amide bonds. The molecule has 1 saturated heterocycles. The average molecular weight is 308 g/mol. The molecule has 3 atom stereocenters. The van der Waals surface area contributed by atoms with Crippen molar-refractivity contribution in [3.8, 4) is 0 Å². The SMILES string of the molecule is Cc1cc(F)ccc1[C@@H]1C(C(C)(C)C)N(C(=O)O)CC[C@H]1N. The van der Waals surface area contributed by atoms with Gasteiger partial charge in [0.05, 0.1) is 0 Å². The molecule has 1 aliphatic rings. The van der Waals surface area contributed by atoms with Gasteiger partial charge in [-0.15, -0.1) is 0 Å². The number of likely N-dealkylation sites (tertiary alicyclic amines) is 1. The van der Waals surface area contributed by atoms with Gasteiger partial charge in [0.25, 0.3) is 0 Å². The molecular formula is C17H25FN2O2. The number of hydrogen-bond acceptors (Lipinski definition) is 2. The fraction of sp³-hybridized carbons (Fsp3) is 0.588. The van der Waals surface area contributed by atoms with Gasteiger partial charge in [-0.25, -0.2) is 9.18 Å². The van der Waals surface area contributed by atoms with Crippen molar-refractivity contribution >= 4 is 6.09 Å². The van der Waals surface area contributed by atoms with E-state index in [1.54, 1.807) is 6.07 Å². The van der Waals surface area contributed by atoms with Crippen molar-refractivity contribution in [3.63, 3.8) is 0 Å². The molecule has 0 aliphatic carbocycles. The van der Waals surface area contributed by atoms with Crippen LogP contribution in [0, 0.1) is 18.2 Å². The zero-order chi connectivity index (χ0) is 16.7. The molecule has 22 heavy (non-hydrogen) atoms. The Bertz CT molecular complexity index is 568. The summed E-state index contributed by atoms with van der Waals surface area (Å²) < 4.78 is 13.4. The number of amides is 1. The molecule has 1 heterocycles. The minimum absolute atomic E-state index is 0.134. The second-order valence-corrected chi connectivity index (χ2v) is 7.27. The molecule has 0 radical (unpaired) electrons. The van der Waals surface area contributed by atoms with Crippen molar-refractivity contribution in [3.05, 3.63) is 35.1 Å². The van der Waals surface area contributed by atoms with Gasteiger partial charge >= 0.3 is 6.09 Å². The Morgan fingerprint density at radius 2 is 2.05 bits per heavy atom. The summed E-state index contributed by atoms with van der Waals surface area (Å²) in [5.74, 6) is -0.418. The lowest BCUT2D eigenvalue weighted by Gasteiger charge is -2.49. The van der Waals surface area contributed by atoms with E-state index in [9.17, 15) is 14.3 Å². The van der Waals surface area contributed by atoms with Gasteiger partial charge in [0.15, 0.2) is 0 Å². The highest BCUT2D eigenvalue weighted by Gasteiger charge is 2.45. The Kier molecular flexibility index (Phi) is 4.47. The van der Waals surface area contributed by atoms with Crippen LogP contribution in [0.25, 0.3) is 0 Å². The van der Waals surface area contributed by atoms with Crippen molar-refractivity contribution in [1.29, 1.82) is 0 Å². The van der Waals surface area contributed by atoms with Gasteiger partial charge in [-0.1, -0.05) is 26.8 Å². The van der Waals surface area contributed by atoms with E-state index in [2.05, 4.69) is 0 Å². The highest BCUT2D eigenvalue weighted by Crippen LogP contribution is 2.42. The maximum Gasteiger partial charge on any atom is 0.407 e. The first-order valence-electron chi connectivity index (χ1n) is 7.64. The number of carboxylic acid groups (broad SMARTS) is 1. The molecule has 3 N–H and O–H groups in total. The number of nitrogens with two attached hydrogens (primary N) is 1. The smallest absolute Gasteiger partial charge is 0.407 e. The highest BCUT2D eigenvalue weighted by molar-refractivity contribution is 5.66. The monoisotopic (exact) mass is 308 g/mol. The quantitative estimate of drug-likeness (QED) is 0.836. The van der Waals surface area contributed by atoms with Crippen LogP contribution in [0.4, 0.5) is 9.18 Å². The Labute approximate surface area is 131 Å². The van der Waals surface area contributed by atoms with Crippen LogP contribution in [0.1, 0.15) is 44.2 Å². The van der Waals surface area contributed by atoms with Gasteiger partial charge in [-0.05, 0) is 42.0 Å². The molecule has 0 spiro atoms. The van der Waals surface area contributed by atoms with Crippen LogP contribution in [0.5, 0.6) is 0 Å². The van der Waals surface area contributed by atoms with Crippen molar-refractivity contribution in [2.75, 3.05) is 6.54 Å². The largest absolute Gasteiger partial charge is 0.465 e. The highest BCUT2D eigenvalue weighted by atomic mass is 19.1. The van der Waals surface area contributed by atoms with E-state index >= 15 is 0 Å². The Balaban J connectivity index is 2.54. The molecule has 2 rings (SSSR count). The molecule has 0 aromatic heterocycles. The molecule has 0 saturated carbocycles. The summed E-state index contributed by atoms with van der Waals surface area (Å²) in [7, 11) is 0. The van der Waals surface area contributed by atoms with Crippen molar-refractivity contribution in [2.24, 2.45) is 11.1 Å². The maximum atomic E-state index is 13.4. The summed E-state index contributed by atoms with van der Waals surface area (Å²) in [6.07, 6.45) is -0.308. The number of piperidine rings is 1. The average Bonchev–Trinajstić information content (AvgIpc) is 2.37. The molecule has 1 unspecified atom stereocenters. The molecular weight excluding hydrogens is 283 g/mol. The van der Waals surface area contributed by atoms with Gasteiger partial charge in [-0.2, -0.15) is 0 Å². The van der Waals surface area contributed by atoms with E-state index in [-0.39, 0.29) is 29.2 Å². The first-order chi connectivity index (χ1) is 10.1. The van der Waals surface area contributed by atoms with E-state index in [0.29, 0.717) is 13.0 Å². The molecule has 1 aliphatic heterocycles. The molecule has 1 aromatic rings. The molecule has 1 fully saturated rings. The predicted molar refractivity (Wildman–Crippen MR) is 84.4 cm³/mol. The first-order valence-corrected chi connectivity index (χ1v) is 7.64. The lowest BCUT2D eigenvalue weighted by molar-refractivity contribution is 0.0383. The normalized spacial score (nSPS) is 26.1. The van der Waals surface area contributed by atoms with Gasteiger partial charge < -0.3 is 15.7 Å². The van der Waals surface area contributed by atoms with Crippen LogP contribution in [-0.2, 0) is 0 Å². The molecule has 122 valence electrons. The standard InChI is InChI=1S/C17H25FN2O2/c1-10-9-11(18)5-6-12(10)14-13(19)7-8-20(16(21)22)15(14)17(2,3)4/h5-6,9,13-15H,7-8,19H2,1-4H3,(H,21,22)/t13-,14+,15?/m1/s1. The van der Waals surface area contributed by atoms with Gasteiger partial charge in [0.2, 0.25) is 0 Å². The summed E-state index contributed by atoms with van der Waals surface area (Å²) in [5, 5.41) is 9.56. The van der Waals surface area contributed by atoms with Gasteiger partial charge in [-0.3, -0.25) is 0 Å². The van der Waals surface area contributed by atoms with Crippen molar-refractivity contribution in [1.82, 2.24) is 4.90 Å². The third-order valence-corrected chi connectivity index (χ3v) is 4.56. The minimum Gasteiger partial charge on any atom is -0.465 e. The second kappa shape index (κ2) is 5.88. The van der Waals surface area contributed by atoms with Crippen LogP contribution in [0.2, 0.25) is 0 Å². The Morgan fingerprint density at radius 3 is 2.55 bits per heavy atom. The molecule has 1 aromatic carbocycles. The molecule has 5 heteroatoms. The van der Waals surface area contributed by atoms with E-state index in [1.807, 2.05) is 27.7 Å². The van der Waals surface area contributed by atoms with Crippen LogP contribution >= 0.6 is 0 Å². The van der Waals surface area contributed by atoms with E-state index in [4.69, 9.17) is 5.73 Å². The summed E-state index contributed by atoms with van der Waals surface area (Å²) in [6, 6.07) is 4.29. The minimum atomic E-state index is -0.920. The number of hydrogen-bond donors (Lipinski definition) is 2. The van der Waals surface area contributed by atoms with Crippen molar-refractivity contribution < 1.29 is 14.3 Å². The maximum absolute atomic E-state index is 13.4. The molecule has 0 bridgehead atoms. The number of benzene rings is 1. The third-order valence-electron chi connectivity index (χ3n) is 4.56. The van der Waals surface area contributed by atoms with E-state index < -0.39 is 6.09 Å². The summed E-state index contributed by atoms with van der Waals surface area (Å²) >= 11 is 0. The van der Waals surface area contributed by atoms with E-state index in [0.717, 1.165) is 11.1 Å². The Hall–Kier alpha value is -1.62. The fourth-order valence-electron chi connectivity index (χ4n) is 3.67. The fourth-order valence-corrected chi connectivity index (χ4v) is 3.67. The van der Waals surface area contributed by atoms with Gasteiger partial charge in [0.1, 0.15) is 5.82 Å². The third kappa shape index (κ3) is 3.09. The first kappa shape index (κ1) is 16.7. The Morgan fingerprint density at radius 1 is 1.41 bits per heavy atom. The lowest BCUT2D eigenvalue weighted by atomic mass is 9.69. The predicted octanol–water partition coefficient (Wildman–Crippen LogP) is 3.34. The van der Waals surface area contributed by atoms with Crippen LogP contribution in [-0.4, -0.2) is 34.7 Å². The number of aryl methyl sites for hydroxylation is 1. The number of rotatable bonds is 1.